The summed E-state index contributed by atoms with van der Waals surface area (Å²) in [6.45, 7) is 1.21. The highest BCUT2D eigenvalue weighted by atomic mass is 35.5. The van der Waals surface area contributed by atoms with Crippen LogP contribution in [0.4, 0.5) is 0 Å². The lowest BCUT2D eigenvalue weighted by atomic mass is 9.79. The summed E-state index contributed by atoms with van der Waals surface area (Å²) in [5, 5.41) is 11.7. The van der Waals surface area contributed by atoms with Gasteiger partial charge in [-0.15, -0.1) is 0 Å². The number of rotatable bonds is 6. The van der Waals surface area contributed by atoms with Gasteiger partial charge in [-0.2, -0.15) is 0 Å². The van der Waals surface area contributed by atoms with Crippen LogP contribution >= 0.6 is 23.2 Å². The van der Waals surface area contributed by atoms with E-state index in [-0.39, 0.29) is 17.9 Å². The first-order valence-electron chi connectivity index (χ1n) is 10.5. The van der Waals surface area contributed by atoms with Gasteiger partial charge in [0.05, 0.1) is 6.10 Å². The molecule has 2 aliphatic rings. The zero-order valence-electron chi connectivity index (χ0n) is 16.8. The minimum Gasteiger partial charge on any atom is -0.489 e. The summed E-state index contributed by atoms with van der Waals surface area (Å²) in [7, 11) is 0. The van der Waals surface area contributed by atoms with E-state index in [1.807, 2.05) is 17.0 Å². The third-order valence-corrected chi connectivity index (χ3v) is 6.85. The average Bonchev–Trinajstić information content (AvgIpc) is 3.17. The van der Waals surface area contributed by atoms with E-state index in [9.17, 15) is 9.90 Å². The van der Waals surface area contributed by atoms with Crippen LogP contribution in [0.5, 0.6) is 5.75 Å². The Morgan fingerprint density at radius 2 is 2.03 bits per heavy atom. The van der Waals surface area contributed by atoms with Gasteiger partial charge in [0.15, 0.2) is 0 Å². The second-order valence-electron chi connectivity index (χ2n) is 8.20. The summed E-state index contributed by atoms with van der Waals surface area (Å²) < 4.78 is 5.81. The number of nitrogens with zero attached hydrogens (tertiary/aromatic N) is 2. The Balaban J connectivity index is 1.43. The number of aliphatic hydroxyl groups is 1. The quantitative estimate of drug-likeness (QED) is 0.697. The zero-order valence-corrected chi connectivity index (χ0v) is 18.3. The summed E-state index contributed by atoms with van der Waals surface area (Å²) in [5.74, 6) is 0.859. The van der Waals surface area contributed by atoms with Gasteiger partial charge in [0.2, 0.25) is 5.91 Å². The van der Waals surface area contributed by atoms with Crippen molar-refractivity contribution in [1.82, 2.24) is 9.88 Å². The molecule has 1 N–H and O–H groups in total. The van der Waals surface area contributed by atoms with E-state index < -0.39 is 6.10 Å². The molecule has 5 nitrogen and oxygen atoms in total. The molecule has 1 aliphatic carbocycles. The summed E-state index contributed by atoms with van der Waals surface area (Å²) in [4.78, 5) is 18.2. The van der Waals surface area contributed by atoms with E-state index in [0.717, 1.165) is 36.9 Å². The van der Waals surface area contributed by atoms with Gasteiger partial charge in [0.25, 0.3) is 0 Å². The molecule has 160 valence electrons. The Bertz CT molecular complexity index is 870. The van der Waals surface area contributed by atoms with Gasteiger partial charge in [0, 0.05) is 47.0 Å². The number of ether oxygens (including phenoxy) is 1. The van der Waals surface area contributed by atoms with Crippen molar-refractivity contribution in [2.45, 2.75) is 57.3 Å². The Morgan fingerprint density at radius 3 is 2.70 bits per heavy atom. The summed E-state index contributed by atoms with van der Waals surface area (Å²) in [6, 6.07) is 7.55. The molecule has 1 saturated heterocycles. The van der Waals surface area contributed by atoms with E-state index >= 15 is 0 Å². The monoisotopic (exact) mass is 448 g/mol. The summed E-state index contributed by atoms with van der Waals surface area (Å²) in [6.07, 6.45) is 7.54. The predicted octanol–water partition coefficient (Wildman–Crippen LogP) is 4.66. The number of halogens is 2. The molecule has 1 aromatic heterocycles. The minimum atomic E-state index is -0.410. The number of pyridine rings is 1. The third kappa shape index (κ3) is 4.90. The Kier molecular flexibility index (Phi) is 6.81. The lowest BCUT2D eigenvalue weighted by molar-refractivity contribution is -0.131. The van der Waals surface area contributed by atoms with Gasteiger partial charge in [-0.1, -0.05) is 29.3 Å². The fourth-order valence-corrected chi connectivity index (χ4v) is 5.17. The van der Waals surface area contributed by atoms with Crippen molar-refractivity contribution in [2.24, 2.45) is 5.92 Å². The first-order valence-corrected chi connectivity index (χ1v) is 11.2. The number of hydrogen-bond acceptors (Lipinski definition) is 4. The number of aromatic nitrogens is 1. The van der Waals surface area contributed by atoms with E-state index in [4.69, 9.17) is 27.9 Å². The summed E-state index contributed by atoms with van der Waals surface area (Å²) >= 11 is 13.1. The molecule has 1 aromatic carbocycles. The summed E-state index contributed by atoms with van der Waals surface area (Å²) in [5.41, 5.74) is 1.78. The van der Waals surface area contributed by atoms with Crippen LogP contribution in [-0.4, -0.2) is 39.6 Å². The van der Waals surface area contributed by atoms with Gasteiger partial charge < -0.3 is 14.7 Å². The predicted molar refractivity (Wildman–Crippen MR) is 117 cm³/mol. The maximum Gasteiger partial charge on any atom is 0.222 e. The molecular formula is C23H26Cl2N2O3. The van der Waals surface area contributed by atoms with E-state index in [0.29, 0.717) is 41.7 Å². The molecule has 7 heteroatoms. The molecule has 2 fully saturated rings. The molecule has 30 heavy (non-hydrogen) atoms. The molecule has 4 rings (SSSR count). The van der Waals surface area contributed by atoms with Crippen LogP contribution in [-0.2, 0) is 17.8 Å². The van der Waals surface area contributed by atoms with Crippen LogP contribution in [0.25, 0.3) is 0 Å². The van der Waals surface area contributed by atoms with Crippen molar-refractivity contribution in [2.75, 3.05) is 6.54 Å². The van der Waals surface area contributed by atoms with Crippen LogP contribution in [0, 0.1) is 5.92 Å². The number of carbonyl (C=O) groups is 1. The standard InChI is InChI=1S/C23H26Cl2N2O3/c24-20-11-18(30-14-15-3-1-7-26-13-15)12-21(25)19(20)10-16-9-17(5-6-22(16)28)27-8-2-4-23(27)29/h1,3,7,11-13,16-17,22,28H,2,4-6,8-10,14H2. The number of aliphatic hydroxyl groups excluding tert-OH is 1. The minimum absolute atomic E-state index is 0.0225. The van der Waals surface area contributed by atoms with Gasteiger partial charge in [-0.25, -0.2) is 0 Å². The van der Waals surface area contributed by atoms with Crippen LogP contribution in [0.3, 0.4) is 0 Å². The Morgan fingerprint density at radius 1 is 1.23 bits per heavy atom. The molecule has 3 unspecified atom stereocenters. The van der Waals surface area contributed by atoms with Gasteiger partial charge in [0.1, 0.15) is 12.4 Å². The molecule has 1 amide bonds. The van der Waals surface area contributed by atoms with Gasteiger partial charge in [-0.3, -0.25) is 9.78 Å². The van der Waals surface area contributed by atoms with Crippen molar-refractivity contribution in [1.29, 1.82) is 0 Å². The van der Waals surface area contributed by atoms with Gasteiger partial charge >= 0.3 is 0 Å². The topological polar surface area (TPSA) is 62.7 Å². The number of likely N-dealkylation sites (tertiary alicyclic amines) is 1. The van der Waals surface area contributed by atoms with E-state index in [1.165, 1.54) is 0 Å². The Labute approximate surface area is 187 Å². The van der Waals surface area contributed by atoms with Gasteiger partial charge in [-0.05, 0) is 61.8 Å². The lowest BCUT2D eigenvalue weighted by Gasteiger charge is -2.38. The fourth-order valence-electron chi connectivity index (χ4n) is 4.55. The van der Waals surface area contributed by atoms with Crippen molar-refractivity contribution in [3.05, 3.63) is 57.8 Å². The average molecular weight is 449 g/mol. The molecule has 0 radical (unpaired) electrons. The smallest absolute Gasteiger partial charge is 0.222 e. The highest BCUT2D eigenvalue weighted by molar-refractivity contribution is 6.36. The second kappa shape index (κ2) is 9.54. The second-order valence-corrected chi connectivity index (χ2v) is 9.02. The fraction of sp³-hybridized carbons (Fsp3) is 0.478. The number of amides is 1. The molecule has 2 heterocycles. The highest BCUT2D eigenvalue weighted by Crippen LogP contribution is 2.37. The van der Waals surface area contributed by atoms with Crippen molar-refractivity contribution in [3.63, 3.8) is 0 Å². The number of hydrogen-bond donors (Lipinski definition) is 1. The third-order valence-electron chi connectivity index (χ3n) is 6.17. The van der Waals surface area contributed by atoms with Crippen LogP contribution < -0.4 is 4.74 Å². The lowest BCUT2D eigenvalue weighted by Crippen LogP contribution is -2.43. The molecular weight excluding hydrogens is 423 g/mol. The van der Waals surface area contributed by atoms with E-state index in [1.54, 1.807) is 24.5 Å². The first kappa shape index (κ1) is 21.4. The highest BCUT2D eigenvalue weighted by Gasteiger charge is 2.36. The normalized spacial score (nSPS) is 24.3. The van der Waals surface area contributed by atoms with Crippen molar-refractivity contribution >= 4 is 29.1 Å². The zero-order chi connectivity index (χ0) is 21.1. The van der Waals surface area contributed by atoms with Crippen molar-refractivity contribution < 1.29 is 14.6 Å². The number of carbonyl (C=O) groups excluding carboxylic acids is 1. The molecule has 0 bridgehead atoms. The maximum atomic E-state index is 12.1. The molecule has 0 spiro atoms. The van der Waals surface area contributed by atoms with Crippen LogP contribution in [0.1, 0.15) is 43.2 Å². The van der Waals surface area contributed by atoms with Crippen molar-refractivity contribution in [3.8, 4) is 5.75 Å². The molecule has 1 saturated carbocycles. The molecule has 2 aromatic rings. The SMILES string of the molecule is O=C1CCCN1C1CCC(O)C(Cc2c(Cl)cc(OCc3cccnc3)cc2Cl)C1. The molecule has 1 aliphatic heterocycles. The maximum absolute atomic E-state index is 12.1. The largest absolute Gasteiger partial charge is 0.489 e. The van der Waals surface area contributed by atoms with E-state index in [2.05, 4.69) is 4.98 Å². The number of benzene rings is 1. The molecule has 3 atom stereocenters. The van der Waals surface area contributed by atoms with Crippen LogP contribution in [0.15, 0.2) is 36.7 Å². The first-order chi connectivity index (χ1) is 14.5. The Hall–Kier alpha value is -1.82. The van der Waals surface area contributed by atoms with Crippen LogP contribution in [0.2, 0.25) is 10.0 Å².